The van der Waals surface area contributed by atoms with Crippen molar-refractivity contribution in [2.24, 2.45) is 0 Å². The molecule has 0 atom stereocenters. The van der Waals surface area contributed by atoms with Crippen molar-refractivity contribution in [3.05, 3.63) is 57.2 Å². The molecule has 0 fully saturated rings. The first-order chi connectivity index (χ1) is 12.8. The van der Waals surface area contributed by atoms with Crippen LogP contribution >= 0.6 is 34.8 Å². The van der Waals surface area contributed by atoms with Gasteiger partial charge in [0.2, 0.25) is 0 Å². The molecule has 9 heteroatoms. The van der Waals surface area contributed by atoms with Crippen LogP contribution in [-0.2, 0) is 9.59 Å². The summed E-state index contributed by atoms with van der Waals surface area (Å²) in [5, 5.41) is 3.16. The maximum Gasteiger partial charge on any atom is 0.283 e. The molecule has 0 radical (unpaired) electrons. The quantitative estimate of drug-likeness (QED) is 0.714. The molecule has 1 aliphatic rings. The second-order valence-corrected chi connectivity index (χ2v) is 6.70. The molecule has 2 aromatic rings. The van der Waals surface area contributed by atoms with E-state index in [-0.39, 0.29) is 26.5 Å². The summed E-state index contributed by atoms with van der Waals surface area (Å²) in [7, 11) is 2.98. The van der Waals surface area contributed by atoms with Crippen molar-refractivity contribution in [1.29, 1.82) is 0 Å². The Morgan fingerprint density at radius 2 is 1.56 bits per heavy atom. The number of methoxy groups -OCH3 is 2. The van der Waals surface area contributed by atoms with Crippen LogP contribution in [0, 0.1) is 0 Å². The molecule has 0 saturated heterocycles. The van der Waals surface area contributed by atoms with Gasteiger partial charge in [-0.1, -0.05) is 34.8 Å². The summed E-state index contributed by atoms with van der Waals surface area (Å²) in [4.78, 5) is 26.3. The van der Waals surface area contributed by atoms with Gasteiger partial charge in [-0.2, -0.15) is 0 Å². The molecule has 0 unspecified atom stereocenters. The first-order valence-corrected chi connectivity index (χ1v) is 8.72. The summed E-state index contributed by atoms with van der Waals surface area (Å²) in [5.74, 6) is -0.361. The molecule has 1 N–H and O–H groups in total. The van der Waals surface area contributed by atoms with Crippen LogP contribution < -0.4 is 19.7 Å². The number of halogens is 3. The summed E-state index contributed by atoms with van der Waals surface area (Å²) in [6.07, 6.45) is 0. The normalized spacial score (nSPS) is 14.0. The highest BCUT2D eigenvalue weighted by molar-refractivity contribution is 6.53. The Bertz CT molecular complexity index is 955. The maximum atomic E-state index is 12.8. The molecule has 1 heterocycles. The van der Waals surface area contributed by atoms with E-state index in [2.05, 4.69) is 5.32 Å². The lowest BCUT2D eigenvalue weighted by Gasteiger charge is -2.16. The van der Waals surface area contributed by atoms with Crippen LogP contribution in [0.25, 0.3) is 0 Å². The predicted octanol–water partition coefficient (Wildman–Crippen LogP) is 4.45. The van der Waals surface area contributed by atoms with E-state index in [1.807, 2.05) is 0 Å². The summed E-state index contributed by atoms with van der Waals surface area (Å²) < 4.78 is 10.4. The number of rotatable bonds is 5. The largest absolute Gasteiger partial charge is 0.497 e. The SMILES string of the molecule is COc1ccc(OC)c(NC2=C(Cl)C(=O)N(c3cc(Cl)cc(Cl)c3)C2=O)c1. The summed E-state index contributed by atoms with van der Waals surface area (Å²) in [5.41, 5.74) is 0.538. The van der Waals surface area contributed by atoms with Gasteiger partial charge in [0.05, 0.1) is 25.6 Å². The van der Waals surface area contributed by atoms with Crippen LogP contribution in [0.1, 0.15) is 0 Å². The van der Waals surface area contributed by atoms with E-state index in [0.717, 1.165) is 4.90 Å². The van der Waals surface area contributed by atoms with E-state index < -0.39 is 11.8 Å². The molecule has 2 amide bonds. The number of hydrogen-bond donors (Lipinski definition) is 1. The highest BCUT2D eigenvalue weighted by atomic mass is 35.5. The molecule has 0 saturated carbocycles. The van der Waals surface area contributed by atoms with Gasteiger partial charge in [-0.05, 0) is 30.3 Å². The number of carbonyl (C=O) groups is 2. The second kappa shape index (κ2) is 7.68. The number of anilines is 2. The third kappa shape index (κ3) is 3.69. The minimum Gasteiger partial charge on any atom is -0.497 e. The Labute approximate surface area is 170 Å². The molecule has 0 spiro atoms. The minimum atomic E-state index is -0.690. The third-order valence-electron chi connectivity index (χ3n) is 3.80. The number of benzene rings is 2. The lowest BCUT2D eigenvalue weighted by Crippen LogP contribution is -2.32. The molecule has 0 bridgehead atoms. The van der Waals surface area contributed by atoms with Crippen LogP contribution in [0.5, 0.6) is 11.5 Å². The Kier molecular flexibility index (Phi) is 5.51. The van der Waals surface area contributed by atoms with Gasteiger partial charge in [0.25, 0.3) is 11.8 Å². The molecular weight excluding hydrogens is 415 g/mol. The summed E-state index contributed by atoms with van der Waals surface area (Å²) in [6.45, 7) is 0. The molecule has 6 nitrogen and oxygen atoms in total. The Balaban J connectivity index is 1.98. The Morgan fingerprint density at radius 1 is 0.889 bits per heavy atom. The lowest BCUT2D eigenvalue weighted by molar-refractivity contribution is -0.120. The molecule has 140 valence electrons. The molecule has 1 aliphatic heterocycles. The Hall–Kier alpha value is -2.41. The highest BCUT2D eigenvalue weighted by Gasteiger charge is 2.39. The van der Waals surface area contributed by atoms with Crippen LogP contribution in [0.4, 0.5) is 11.4 Å². The summed E-state index contributed by atoms with van der Waals surface area (Å²) >= 11 is 18.1. The highest BCUT2D eigenvalue weighted by Crippen LogP contribution is 2.36. The van der Waals surface area contributed by atoms with Gasteiger partial charge in [0.1, 0.15) is 22.2 Å². The van der Waals surface area contributed by atoms with Crippen molar-refractivity contribution in [2.75, 3.05) is 24.4 Å². The van der Waals surface area contributed by atoms with E-state index >= 15 is 0 Å². The van der Waals surface area contributed by atoms with Gasteiger partial charge in [0, 0.05) is 16.1 Å². The smallest absolute Gasteiger partial charge is 0.283 e. The Morgan fingerprint density at radius 3 is 2.15 bits per heavy atom. The van der Waals surface area contributed by atoms with Crippen molar-refractivity contribution in [1.82, 2.24) is 0 Å². The van der Waals surface area contributed by atoms with Crippen molar-refractivity contribution < 1.29 is 19.1 Å². The molecule has 2 aromatic carbocycles. The van der Waals surface area contributed by atoms with E-state index in [0.29, 0.717) is 17.2 Å². The van der Waals surface area contributed by atoms with Gasteiger partial charge in [0.15, 0.2) is 0 Å². The van der Waals surface area contributed by atoms with Gasteiger partial charge >= 0.3 is 0 Å². The van der Waals surface area contributed by atoms with Crippen molar-refractivity contribution in [3.8, 4) is 11.5 Å². The van der Waals surface area contributed by atoms with E-state index in [1.54, 1.807) is 18.2 Å². The van der Waals surface area contributed by atoms with Gasteiger partial charge < -0.3 is 14.8 Å². The average Bonchev–Trinajstić information content (AvgIpc) is 2.84. The fourth-order valence-corrected chi connectivity index (χ4v) is 3.29. The average molecular weight is 428 g/mol. The number of amides is 2. The predicted molar refractivity (Wildman–Crippen MR) is 105 cm³/mol. The molecular formula is C18H13Cl3N2O4. The van der Waals surface area contributed by atoms with Crippen LogP contribution in [0.15, 0.2) is 47.1 Å². The van der Waals surface area contributed by atoms with Gasteiger partial charge in [-0.15, -0.1) is 0 Å². The number of carbonyl (C=O) groups excluding carboxylic acids is 2. The molecule has 0 aliphatic carbocycles. The fourth-order valence-electron chi connectivity index (χ4n) is 2.56. The van der Waals surface area contributed by atoms with E-state index in [4.69, 9.17) is 44.3 Å². The number of imide groups is 1. The first kappa shape index (κ1) is 19.4. The minimum absolute atomic E-state index is 0.0932. The lowest BCUT2D eigenvalue weighted by atomic mass is 10.2. The summed E-state index contributed by atoms with van der Waals surface area (Å²) in [6, 6.07) is 9.36. The zero-order valence-electron chi connectivity index (χ0n) is 14.2. The number of nitrogens with one attached hydrogen (secondary N) is 1. The number of nitrogens with zero attached hydrogens (tertiary/aromatic N) is 1. The van der Waals surface area contributed by atoms with E-state index in [9.17, 15) is 9.59 Å². The monoisotopic (exact) mass is 426 g/mol. The zero-order chi connectivity index (χ0) is 19.7. The third-order valence-corrected chi connectivity index (χ3v) is 4.59. The maximum absolute atomic E-state index is 12.8. The van der Waals surface area contributed by atoms with Crippen molar-refractivity contribution in [2.45, 2.75) is 0 Å². The molecule has 27 heavy (non-hydrogen) atoms. The first-order valence-electron chi connectivity index (χ1n) is 7.59. The van der Waals surface area contributed by atoms with Crippen LogP contribution in [-0.4, -0.2) is 26.0 Å². The molecule has 3 rings (SSSR count). The van der Waals surface area contributed by atoms with Crippen molar-refractivity contribution in [3.63, 3.8) is 0 Å². The van der Waals surface area contributed by atoms with Crippen LogP contribution in [0.3, 0.4) is 0 Å². The molecule has 0 aromatic heterocycles. The standard InChI is InChI=1S/C18H13Cl3N2O4/c1-26-12-3-4-14(27-2)13(8-12)22-16-15(21)17(24)23(18(16)25)11-6-9(19)5-10(20)7-11/h3-8,22H,1-2H3. The van der Waals surface area contributed by atoms with E-state index in [1.165, 1.54) is 32.4 Å². The van der Waals surface area contributed by atoms with Gasteiger partial charge in [-0.3, -0.25) is 9.59 Å². The second-order valence-electron chi connectivity index (χ2n) is 5.45. The number of hydrogen-bond acceptors (Lipinski definition) is 5. The zero-order valence-corrected chi connectivity index (χ0v) is 16.4. The van der Waals surface area contributed by atoms with Gasteiger partial charge in [-0.25, -0.2) is 4.90 Å². The van der Waals surface area contributed by atoms with Crippen molar-refractivity contribution >= 4 is 58.0 Å². The topological polar surface area (TPSA) is 67.9 Å². The number of ether oxygens (including phenoxy) is 2. The van der Waals surface area contributed by atoms with Crippen LogP contribution in [0.2, 0.25) is 10.0 Å². The fraction of sp³-hybridized carbons (Fsp3) is 0.111.